The molecule has 0 radical (unpaired) electrons. The van der Waals surface area contributed by atoms with Crippen LogP contribution in [0.15, 0.2) is 24.3 Å². The normalized spacial score (nSPS) is 22.1. The molecule has 23 heavy (non-hydrogen) atoms. The van der Waals surface area contributed by atoms with E-state index in [9.17, 15) is 4.79 Å². The van der Waals surface area contributed by atoms with Crippen LogP contribution in [0.2, 0.25) is 0 Å². The molecule has 4 heteroatoms. The number of nitrogens with one attached hydrogen (secondary N) is 2. The molecule has 1 unspecified atom stereocenters. The summed E-state index contributed by atoms with van der Waals surface area (Å²) in [6.45, 7) is 7.54. The maximum atomic E-state index is 12.3. The number of benzene rings is 1. The molecule has 1 aliphatic carbocycles. The molecule has 2 fully saturated rings. The van der Waals surface area contributed by atoms with Crippen molar-refractivity contribution in [1.29, 1.82) is 0 Å². The largest absolute Gasteiger partial charge is 0.491 e. The third kappa shape index (κ3) is 3.69. The van der Waals surface area contributed by atoms with Crippen LogP contribution in [0.4, 0.5) is 0 Å². The predicted molar refractivity (Wildman–Crippen MR) is 91.7 cm³/mol. The van der Waals surface area contributed by atoms with Crippen molar-refractivity contribution in [3.63, 3.8) is 0 Å². The molecule has 126 valence electrons. The highest BCUT2D eigenvalue weighted by Crippen LogP contribution is 2.58. The zero-order valence-electron chi connectivity index (χ0n) is 14.2. The zero-order valence-corrected chi connectivity index (χ0v) is 14.2. The molecule has 1 saturated heterocycles. The molecule has 0 bridgehead atoms. The quantitative estimate of drug-likeness (QED) is 0.793. The van der Waals surface area contributed by atoms with Crippen LogP contribution in [0.5, 0.6) is 5.75 Å². The van der Waals surface area contributed by atoms with Gasteiger partial charge in [0.25, 0.3) is 0 Å². The average Bonchev–Trinajstić information content (AvgIpc) is 3.25. The Balaban J connectivity index is 1.41. The molecule has 2 N–H and O–H groups in total. The summed E-state index contributed by atoms with van der Waals surface area (Å²) in [4.78, 5) is 12.3. The van der Waals surface area contributed by atoms with E-state index in [1.54, 1.807) is 0 Å². The lowest BCUT2D eigenvalue weighted by Gasteiger charge is -2.23. The maximum Gasteiger partial charge on any atom is 0.223 e. The third-order valence-corrected chi connectivity index (χ3v) is 5.31. The van der Waals surface area contributed by atoms with Crippen LogP contribution in [0, 0.1) is 11.3 Å². The number of piperidine rings is 1. The summed E-state index contributed by atoms with van der Waals surface area (Å²) in [7, 11) is 0. The molecule has 0 aromatic heterocycles. The summed E-state index contributed by atoms with van der Waals surface area (Å²) in [6.07, 6.45) is 3.35. The second-order valence-corrected chi connectivity index (χ2v) is 7.20. The Kier molecular flexibility index (Phi) is 4.90. The number of ether oxygens (including phenoxy) is 1. The van der Waals surface area contributed by atoms with Crippen molar-refractivity contribution in [2.45, 2.75) is 39.0 Å². The molecular formula is C19H28N2O2. The molecule has 3 rings (SSSR count). The molecule has 1 aromatic carbocycles. The Morgan fingerprint density at radius 3 is 2.83 bits per heavy atom. The van der Waals surface area contributed by atoms with Crippen LogP contribution < -0.4 is 15.4 Å². The van der Waals surface area contributed by atoms with Gasteiger partial charge in [-0.05, 0) is 55.3 Å². The van der Waals surface area contributed by atoms with Crippen LogP contribution in [0.25, 0.3) is 0 Å². The number of carbonyl (C=O) groups excluding carboxylic acids is 1. The molecule has 1 atom stereocenters. The van der Waals surface area contributed by atoms with E-state index in [-0.39, 0.29) is 11.8 Å². The number of hydrogen-bond donors (Lipinski definition) is 2. The molecule has 1 aromatic rings. The third-order valence-electron chi connectivity index (χ3n) is 5.31. The zero-order chi connectivity index (χ0) is 16.3. The first-order valence-corrected chi connectivity index (χ1v) is 8.82. The van der Waals surface area contributed by atoms with Gasteiger partial charge in [-0.25, -0.2) is 0 Å². The minimum Gasteiger partial charge on any atom is -0.491 e. The summed E-state index contributed by atoms with van der Waals surface area (Å²) in [5.41, 5.74) is 1.52. The second-order valence-electron chi connectivity index (χ2n) is 7.20. The highest BCUT2D eigenvalue weighted by Gasteiger charge is 2.57. The van der Waals surface area contributed by atoms with Crippen LogP contribution in [-0.4, -0.2) is 32.1 Å². The lowest BCUT2D eigenvalue weighted by atomic mass is 9.92. The Bertz CT molecular complexity index is 550. The van der Waals surface area contributed by atoms with Gasteiger partial charge in [-0.2, -0.15) is 0 Å². The fraction of sp³-hybridized carbons (Fsp3) is 0.632. The second kappa shape index (κ2) is 6.91. The Morgan fingerprint density at radius 2 is 2.09 bits per heavy atom. The van der Waals surface area contributed by atoms with Crippen molar-refractivity contribution in [3.05, 3.63) is 29.8 Å². The van der Waals surface area contributed by atoms with Crippen molar-refractivity contribution in [3.8, 4) is 5.75 Å². The molecule has 2 aliphatic rings. The average molecular weight is 316 g/mol. The highest BCUT2D eigenvalue weighted by atomic mass is 16.5. The fourth-order valence-electron chi connectivity index (χ4n) is 3.74. The number of hydrogen-bond acceptors (Lipinski definition) is 3. The summed E-state index contributed by atoms with van der Waals surface area (Å²) in [5, 5.41) is 6.42. The fourth-order valence-corrected chi connectivity index (χ4v) is 3.74. The number of para-hydroxylation sites is 1. The van der Waals surface area contributed by atoms with Crippen molar-refractivity contribution in [2.24, 2.45) is 11.3 Å². The van der Waals surface area contributed by atoms with Crippen molar-refractivity contribution in [2.75, 3.05) is 26.2 Å². The topological polar surface area (TPSA) is 50.4 Å². The smallest absolute Gasteiger partial charge is 0.223 e. The van der Waals surface area contributed by atoms with E-state index in [0.717, 1.165) is 38.1 Å². The number of amides is 1. The van der Waals surface area contributed by atoms with Gasteiger partial charge in [0.05, 0.1) is 6.54 Å². The first kappa shape index (κ1) is 16.3. The lowest BCUT2D eigenvalue weighted by Crippen LogP contribution is -2.35. The van der Waals surface area contributed by atoms with Crippen LogP contribution in [0.3, 0.4) is 0 Å². The van der Waals surface area contributed by atoms with Crippen LogP contribution in [0.1, 0.15) is 44.6 Å². The Labute approximate surface area is 139 Å². The summed E-state index contributed by atoms with van der Waals surface area (Å²) in [6, 6.07) is 8.13. The van der Waals surface area contributed by atoms with E-state index in [4.69, 9.17) is 4.74 Å². The van der Waals surface area contributed by atoms with Gasteiger partial charge >= 0.3 is 0 Å². The highest BCUT2D eigenvalue weighted by molar-refractivity contribution is 5.82. The first-order chi connectivity index (χ1) is 11.1. The predicted octanol–water partition coefficient (Wildman–Crippen LogP) is 2.69. The summed E-state index contributed by atoms with van der Waals surface area (Å²) < 4.78 is 5.86. The Morgan fingerprint density at radius 1 is 1.35 bits per heavy atom. The number of carbonyl (C=O) groups is 1. The van der Waals surface area contributed by atoms with E-state index in [2.05, 4.69) is 30.5 Å². The molecule has 1 spiro atoms. The van der Waals surface area contributed by atoms with Crippen LogP contribution in [-0.2, 0) is 4.79 Å². The van der Waals surface area contributed by atoms with Crippen molar-refractivity contribution in [1.82, 2.24) is 10.6 Å². The van der Waals surface area contributed by atoms with Gasteiger partial charge < -0.3 is 15.4 Å². The van der Waals surface area contributed by atoms with E-state index in [1.165, 1.54) is 5.56 Å². The Hall–Kier alpha value is -1.55. The van der Waals surface area contributed by atoms with Gasteiger partial charge in [-0.3, -0.25) is 4.79 Å². The van der Waals surface area contributed by atoms with Gasteiger partial charge in [0.15, 0.2) is 0 Å². The number of rotatable bonds is 6. The van der Waals surface area contributed by atoms with Gasteiger partial charge in [0.2, 0.25) is 5.91 Å². The van der Waals surface area contributed by atoms with Gasteiger partial charge in [0, 0.05) is 5.92 Å². The minimum absolute atomic E-state index is 0.215. The summed E-state index contributed by atoms with van der Waals surface area (Å²) in [5.74, 6) is 1.81. The lowest BCUT2D eigenvalue weighted by molar-refractivity contribution is -0.123. The minimum atomic E-state index is 0.215. The van der Waals surface area contributed by atoms with Crippen LogP contribution >= 0.6 is 0 Å². The van der Waals surface area contributed by atoms with E-state index < -0.39 is 0 Å². The monoisotopic (exact) mass is 316 g/mol. The molecular weight excluding hydrogens is 288 g/mol. The van der Waals surface area contributed by atoms with E-state index >= 15 is 0 Å². The standard InChI is InChI=1S/C19H28N2O2/c1-14(2)15-5-3-4-6-17(15)23-12-11-21-18(22)16-13-19(16)7-9-20-10-8-19/h3-6,14,16,20H,7-13H2,1-2H3,(H,21,22). The van der Waals surface area contributed by atoms with E-state index in [0.29, 0.717) is 24.5 Å². The van der Waals surface area contributed by atoms with Crippen molar-refractivity contribution >= 4 is 5.91 Å². The molecule has 4 nitrogen and oxygen atoms in total. The SMILES string of the molecule is CC(C)c1ccccc1OCCNC(=O)C1CC12CCNCC2. The molecule has 1 saturated carbocycles. The molecule has 1 heterocycles. The first-order valence-electron chi connectivity index (χ1n) is 8.82. The molecule has 1 amide bonds. The van der Waals surface area contributed by atoms with Gasteiger partial charge in [0.1, 0.15) is 12.4 Å². The summed E-state index contributed by atoms with van der Waals surface area (Å²) >= 11 is 0. The van der Waals surface area contributed by atoms with Gasteiger partial charge in [-0.1, -0.05) is 32.0 Å². The van der Waals surface area contributed by atoms with Crippen molar-refractivity contribution < 1.29 is 9.53 Å². The van der Waals surface area contributed by atoms with E-state index in [1.807, 2.05) is 18.2 Å². The molecule has 1 aliphatic heterocycles. The maximum absolute atomic E-state index is 12.3. The van der Waals surface area contributed by atoms with Gasteiger partial charge in [-0.15, -0.1) is 0 Å².